The van der Waals surface area contributed by atoms with Crippen LogP contribution in [0.1, 0.15) is 85.0 Å². The number of benzene rings is 4. The van der Waals surface area contributed by atoms with E-state index in [2.05, 4.69) is 65.8 Å². The van der Waals surface area contributed by atoms with E-state index in [0.717, 1.165) is 33.7 Å². The maximum absolute atomic E-state index is 12.2. The van der Waals surface area contributed by atoms with E-state index in [1.807, 2.05) is 0 Å². The van der Waals surface area contributed by atoms with Crippen LogP contribution in [0.5, 0.6) is 5.75 Å². The lowest BCUT2D eigenvalue weighted by molar-refractivity contribution is -0.166. The molecule has 10 heteroatoms. The van der Waals surface area contributed by atoms with Crippen LogP contribution in [-0.4, -0.2) is 51.9 Å². The largest absolute Gasteiger partial charge is 0.486 e. The second kappa shape index (κ2) is 14.9. The summed E-state index contributed by atoms with van der Waals surface area (Å²) in [5, 5.41) is 18.6. The Morgan fingerprint density at radius 2 is 1.02 bits per heavy atom. The number of carboxylic acids is 2. The van der Waals surface area contributed by atoms with Gasteiger partial charge in [0.2, 0.25) is 12.2 Å². The first kappa shape index (κ1) is 37.2. The topological polar surface area (TPSA) is 162 Å². The zero-order valence-corrected chi connectivity index (χ0v) is 29.5. The number of nitrogens with two attached hydrogens (primary N) is 1. The lowest BCUT2D eigenvalue weighted by atomic mass is 9.78. The third kappa shape index (κ3) is 7.97. The molecule has 0 bridgehead atoms. The second-order valence-electron chi connectivity index (χ2n) is 13.1. The first-order chi connectivity index (χ1) is 23.4. The number of hydrogen-bond acceptors (Lipinski definition) is 8. The van der Waals surface area contributed by atoms with Crippen LogP contribution in [0.2, 0.25) is 0 Å². The summed E-state index contributed by atoms with van der Waals surface area (Å²) in [6.07, 6.45) is -4.44. The predicted octanol–water partition coefficient (Wildman–Crippen LogP) is 7.03. The van der Waals surface area contributed by atoms with Crippen LogP contribution in [0.4, 0.5) is 5.69 Å². The van der Waals surface area contributed by atoms with Crippen molar-refractivity contribution in [2.45, 2.75) is 79.1 Å². The summed E-state index contributed by atoms with van der Waals surface area (Å²) in [4.78, 5) is 47.3. The number of esters is 2. The minimum Gasteiger partial charge on any atom is -0.486 e. The van der Waals surface area contributed by atoms with E-state index in [0.29, 0.717) is 0 Å². The third-order valence-electron chi connectivity index (χ3n) is 8.92. The fourth-order valence-electron chi connectivity index (χ4n) is 5.88. The van der Waals surface area contributed by atoms with Crippen molar-refractivity contribution in [1.29, 1.82) is 0 Å². The fraction of sp³-hybridized carbons (Fsp3) is 0.300. The van der Waals surface area contributed by atoms with Gasteiger partial charge in [-0.05, 0) is 102 Å². The summed E-state index contributed by atoms with van der Waals surface area (Å²) in [5.41, 5.74) is 16.1. The Labute approximate surface area is 291 Å². The zero-order chi connectivity index (χ0) is 37.1. The van der Waals surface area contributed by atoms with Gasteiger partial charge in [0.15, 0.2) is 0 Å². The highest BCUT2D eigenvalue weighted by Gasteiger charge is 2.45. The third-order valence-corrected chi connectivity index (χ3v) is 8.92. The SMILES string of the molecule is Cc1ccc(C(=O)O[C@H](C(=O)O)[C@H](OC(=O)c2ccc(C)cc2)C(=O)O)cc1.Cc1ccc([C@@H]2c3c(C)c(N)c(C)c(C)c3OC2(C)C)cc1. The van der Waals surface area contributed by atoms with Gasteiger partial charge in [-0.15, -0.1) is 0 Å². The lowest BCUT2D eigenvalue weighted by Crippen LogP contribution is -2.45. The molecular formula is C40H43NO9. The van der Waals surface area contributed by atoms with Gasteiger partial charge in [0.05, 0.1) is 17.0 Å². The van der Waals surface area contributed by atoms with Crippen molar-refractivity contribution in [1.82, 2.24) is 0 Å². The Hall–Kier alpha value is -5.64. The molecule has 262 valence electrons. The lowest BCUT2D eigenvalue weighted by Gasteiger charge is -2.27. The number of ether oxygens (including phenoxy) is 3. The fourth-order valence-corrected chi connectivity index (χ4v) is 5.88. The standard InChI is InChI=1S/C20H25NO.C20H18O8/c1-11-7-9-15(10-8-11)17-16-14(4)18(21)12(2)13(3)19(16)22-20(17,5)6;1-11-3-7-13(8-4-11)19(25)27-15(17(21)22)16(18(23)24)28-20(26)14-9-5-12(2)6-10-14/h7-10,17H,21H2,1-6H3;3-10,15-16H,1-2H3,(H,21,22)(H,23,24)/t17-;15-,16-/m10/s1. The highest BCUT2D eigenvalue weighted by Crippen LogP contribution is 2.53. The normalized spacial score (nSPS) is 15.3. The van der Waals surface area contributed by atoms with Crippen molar-refractivity contribution in [2.24, 2.45) is 0 Å². The molecule has 0 saturated carbocycles. The van der Waals surface area contributed by atoms with E-state index >= 15 is 0 Å². The molecule has 4 aromatic rings. The van der Waals surface area contributed by atoms with E-state index in [9.17, 15) is 29.4 Å². The Kier molecular flexibility index (Phi) is 11.1. The van der Waals surface area contributed by atoms with E-state index < -0.39 is 36.1 Å². The summed E-state index contributed by atoms with van der Waals surface area (Å²) in [6.45, 7) is 16.3. The average Bonchev–Trinajstić information content (AvgIpc) is 3.36. The van der Waals surface area contributed by atoms with Gasteiger partial charge in [0.25, 0.3) is 0 Å². The van der Waals surface area contributed by atoms with Gasteiger partial charge in [-0.25, -0.2) is 19.2 Å². The minimum absolute atomic E-state index is 0.0332. The van der Waals surface area contributed by atoms with Crippen molar-refractivity contribution in [2.75, 3.05) is 5.73 Å². The van der Waals surface area contributed by atoms with Gasteiger partial charge in [-0.2, -0.15) is 0 Å². The summed E-state index contributed by atoms with van der Waals surface area (Å²) >= 11 is 0. The van der Waals surface area contributed by atoms with Crippen molar-refractivity contribution in [3.05, 3.63) is 128 Å². The van der Waals surface area contributed by atoms with Gasteiger partial charge in [-0.1, -0.05) is 65.2 Å². The van der Waals surface area contributed by atoms with Gasteiger partial charge in [-0.3, -0.25) is 0 Å². The van der Waals surface area contributed by atoms with E-state index in [1.165, 1.54) is 46.5 Å². The van der Waals surface area contributed by atoms with Crippen LogP contribution in [0.3, 0.4) is 0 Å². The summed E-state index contributed by atoms with van der Waals surface area (Å²) < 4.78 is 16.0. The van der Waals surface area contributed by atoms with Crippen molar-refractivity contribution in [3.8, 4) is 5.75 Å². The zero-order valence-electron chi connectivity index (χ0n) is 29.5. The predicted molar refractivity (Wildman–Crippen MR) is 189 cm³/mol. The Morgan fingerprint density at radius 1 is 0.640 bits per heavy atom. The molecule has 50 heavy (non-hydrogen) atoms. The second-order valence-corrected chi connectivity index (χ2v) is 13.1. The Morgan fingerprint density at radius 3 is 1.40 bits per heavy atom. The smallest absolute Gasteiger partial charge is 0.349 e. The number of aryl methyl sites for hydroxylation is 3. The van der Waals surface area contributed by atoms with Crippen LogP contribution >= 0.6 is 0 Å². The molecule has 0 spiro atoms. The molecule has 0 radical (unpaired) electrons. The number of fused-ring (bicyclic) bond motifs is 1. The number of aliphatic carboxylic acids is 2. The Balaban J connectivity index is 0.000000231. The van der Waals surface area contributed by atoms with Gasteiger partial charge in [0.1, 0.15) is 11.4 Å². The molecule has 1 aliphatic rings. The van der Waals surface area contributed by atoms with Crippen molar-refractivity contribution < 1.29 is 43.6 Å². The molecule has 0 fully saturated rings. The van der Waals surface area contributed by atoms with E-state index in [1.54, 1.807) is 38.1 Å². The summed E-state index contributed by atoms with van der Waals surface area (Å²) in [7, 11) is 0. The number of rotatable bonds is 8. The quantitative estimate of drug-likeness (QED) is 0.130. The van der Waals surface area contributed by atoms with E-state index in [-0.39, 0.29) is 22.6 Å². The number of anilines is 1. The van der Waals surface area contributed by atoms with E-state index in [4.69, 9.17) is 19.9 Å². The first-order valence-corrected chi connectivity index (χ1v) is 16.1. The first-order valence-electron chi connectivity index (χ1n) is 16.1. The number of carboxylic acid groups (broad SMARTS) is 2. The molecule has 0 saturated heterocycles. The number of hydrogen-bond donors (Lipinski definition) is 3. The molecule has 0 aliphatic carbocycles. The van der Waals surface area contributed by atoms with Crippen molar-refractivity contribution in [3.63, 3.8) is 0 Å². The van der Waals surface area contributed by atoms with Gasteiger partial charge < -0.3 is 30.2 Å². The highest BCUT2D eigenvalue weighted by molar-refractivity contribution is 5.95. The molecule has 1 heterocycles. The molecule has 10 nitrogen and oxygen atoms in total. The molecule has 4 N–H and O–H groups in total. The molecular weight excluding hydrogens is 638 g/mol. The maximum Gasteiger partial charge on any atom is 0.349 e. The molecule has 3 atom stereocenters. The minimum atomic E-state index is -2.22. The summed E-state index contributed by atoms with van der Waals surface area (Å²) in [5.74, 6) is -4.38. The molecule has 1 aliphatic heterocycles. The number of carbonyl (C=O) groups is 4. The van der Waals surface area contributed by atoms with Crippen molar-refractivity contribution >= 4 is 29.6 Å². The average molecular weight is 682 g/mol. The van der Waals surface area contributed by atoms with Crippen LogP contribution in [0.25, 0.3) is 0 Å². The number of nitrogen functional groups attached to an aromatic ring is 1. The van der Waals surface area contributed by atoms with Gasteiger partial charge >= 0.3 is 23.9 Å². The molecule has 5 rings (SSSR count). The van der Waals surface area contributed by atoms with Crippen LogP contribution < -0.4 is 10.5 Å². The molecule has 4 aromatic carbocycles. The van der Waals surface area contributed by atoms with Crippen LogP contribution in [-0.2, 0) is 19.1 Å². The van der Waals surface area contributed by atoms with Crippen LogP contribution in [0.15, 0.2) is 72.8 Å². The number of carbonyl (C=O) groups excluding carboxylic acids is 2. The molecule has 0 unspecified atom stereocenters. The highest BCUT2D eigenvalue weighted by atomic mass is 16.6. The Bertz CT molecular complexity index is 1840. The maximum atomic E-state index is 12.2. The molecule has 0 aromatic heterocycles. The molecule has 0 amide bonds. The summed E-state index contributed by atoms with van der Waals surface area (Å²) in [6, 6.07) is 20.8. The van der Waals surface area contributed by atoms with Gasteiger partial charge in [0, 0.05) is 11.3 Å². The van der Waals surface area contributed by atoms with Crippen LogP contribution in [0, 0.1) is 41.5 Å². The monoisotopic (exact) mass is 681 g/mol.